The van der Waals surface area contributed by atoms with Crippen LogP contribution in [0.2, 0.25) is 0 Å². The first-order chi connectivity index (χ1) is 27.7. The van der Waals surface area contributed by atoms with E-state index >= 15 is 0 Å². The molecule has 11 aromatic rings. The van der Waals surface area contributed by atoms with E-state index in [1.807, 2.05) is 11.3 Å². The van der Waals surface area contributed by atoms with Crippen LogP contribution >= 0.6 is 11.3 Å². The van der Waals surface area contributed by atoms with Crippen molar-refractivity contribution in [1.29, 1.82) is 0 Å². The zero-order valence-electron chi connectivity index (χ0n) is 30.6. The van der Waals surface area contributed by atoms with Crippen molar-refractivity contribution in [1.82, 2.24) is 0 Å². The van der Waals surface area contributed by atoms with Gasteiger partial charge in [-0.25, -0.2) is 0 Å². The second-order valence-corrected chi connectivity index (χ2v) is 15.6. The maximum atomic E-state index is 2.41. The van der Waals surface area contributed by atoms with E-state index in [9.17, 15) is 0 Å². The van der Waals surface area contributed by atoms with Crippen LogP contribution in [0, 0.1) is 0 Å². The van der Waals surface area contributed by atoms with Gasteiger partial charge in [0.25, 0.3) is 0 Å². The van der Waals surface area contributed by atoms with Gasteiger partial charge >= 0.3 is 0 Å². The molecule has 1 heterocycles. The Bertz CT molecular complexity index is 3250. The molecule has 0 aliphatic heterocycles. The average molecular weight is 730 g/mol. The number of thiophene rings is 1. The second-order valence-electron chi connectivity index (χ2n) is 14.5. The molecule has 0 fully saturated rings. The lowest BCUT2D eigenvalue weighted by Crippen LogP contribution is -2.11. The minimum Gasteiger partial charge on any atom is -0.310 e. The second kappa shape index (κ2) is 13.4. The van der Waals surface area contributed by atoms with Crippen LogP contribution in [0.1, 0.15) is 0 Å². The Balaban J connectivity index is 1.04. The first kappa shape index (κ1) is 32.4. The summed E-state index contributed by atoms with van der Waals surface area (Å²) in [5.41, 5.74) is 10.6. The standard InChI is InChI=1S/C54H35NS/c1-2-12-39-33-42(22-21-36(39)11-1)46-15-7-9-19-52(46)55(43-28-23-37(24-29-43)40-27-32-54-51(34-40)49-18-8-10-20-53(49)56-54)44-30-25-38(26-31-44)50-35-41-13-3-4-14-45(41)47-16-5-6-17-48(47)50/h1-35H. The predicted octanol–water partition coefficient (Wildman–Crippen LogP) is 16.0. The van der Waals surface area contributed by atoms with Gasteiger partial charge in [0, 0.05) is 37.1 Å². The maximum absolute atomic E-state index is 2.41. The molecule has 0 unspecified atom stereocenters. The Morgan fingerprint density at radius 3 is 1.66 bits per heavy atom. The van der Waals surface area contributed by atoms with Crippen molar-refractivity contribution in [2.24, 2.45) is 0 Å². The molecule has 0 amide bonds. The lowest BCUT2D eigenvalue weighted by atomic mass is 9.93. The molecule has 262 valence electrons. The summed E-state index contributed by atoms with van der Waals surface area (Å²) in [4.78, 5) is 2.41. The number of rotatable bonds is 6. The molecule has 0 spiro atoms. The Hall–Kier alpha value is -7.00. The van der Waals surface area contributed by atoms with Gasteiger partial charge in [-0.1, -0.05) is 152 Å². The van der Waals surface area contributed by atoms with Crippen LogP contribution in [0.4, 0.5) is 17.1 Å². The number of benzene rings is 10. The fraction of sp³-hybridized carbons (Fsp3) is 0. The fourth-order valence-corrected chi connectivity index (χ4v) is 9.57. The molecule has 0 aliphatic rings. The molecule has 0 aliphatic carbocycles. The van der Waals surface area contributed by atoms with E-state index in [-0.39, 0.29) is 0 Å². The summed E-state index contributed by atoms with van der Waals surface area (Å²) in [6.45, 7) is 0. The SMILES string of the molecule is c1ccc(N(c2ccc(-c3ccc4sc5ccccc5c4c3)cc2)c2ccc(-c3cc4ccccc4c4ccccc34)cc2)c(-c2ccc3ccccc3c2)c1. The van der Waals surface area contributed by atoms with Crippen LogP contribution in [0.15, 0.2) is 212 Å². The number of hydrogen-bond acceptors (Lipinski definition) is 2. The Morgan fingerprint density at radius 1 is 0.286 bits per heavy atom. The Labute approximate surface area is 330 Å². The lowest BCUT2D eigenvalue weighted by Gasteiger charge is -2.28. The fourth-order valence-electron chi connectivity index (χ4n) is 8.49. The minimum atomic E-state index is 1.10. The van der Waals surface area contributed by atoms with Crippen molar-refractivity contribution < 1.29 is 0 Å². The summed E-state index contributed by atoms with van der Waals surface area (Å²) in [6, 6.07) is 77.8. The van der Waals surface area contributed by atoms with Crippen LogP contribution in [0.25, 0.3) is 85.9 Å². The highest BCUT2D eigenvalue weighted by molar-refractivity contribution is 7.25. The van der Waals surface area contributed by atoms with E-state index in [4.69, 9.17) is 0 Å². The molecule has 0 N–H and O–H groups in total. The summed E-state index contributed by atoms with van der Waals surface area (Å²) < 4.78 is 2.65. The van der Waals surface area contributed by atoms with Crippen LogP contribution in [0.5, 0.6) is 0 Å². The third-order valence-electron chi connectivity index (χ3n) is 11.2. The van der Waals surface area contributed by atoms with E-state index < -0.39 is 0 Å². The van der Waals surface area contributed by atoms with Crippen molar-refractivity contribution in [3.8, 4) is 33.4 Å². The minimum absolute atomic E-state index is 1.10. The van der Waals surface area contributed by atoms with Gasteiger partial charge in [0.05, 0.1) is 5.69 Å². The van der Waals surface area contributed by atoms with E-state index in [1.165, 1.54) is 85.9 Å². The summed E-state index contributed by atoms with van der Waals surface area (Å²) >= 11 is 1.86. The van der Waals surface area contributed by atoms with E-state index in [1.54, 1.807) is 0 Å². The first-order valence-corrected chi connectivity index (χ1v) is 20.0. The summed E-state index contributed by atoms with van der Waals surface area (Å²) in [5, 5.41) is 10.2. The molecular formula is C54H35NS. The molecule has 0 saturated carbocycles. The molecule has 1 nitrogen and oxygen atoms in total. The summed E-state index contributed by atoms with van der Waals surface area (Å²) in [7, 11) is 0. The first-order valence-electron chi connectivity index (χ1n) is 19.2. The average Bonchev–Trinajstić information content (AvgIpc) is 3.65. The van der Waals surface area contributed by atoms with Gasteiger partial charge in [-0.3, -0.25) is 0 Å². The molecule has 0 bridgehead atoms. The molecular weight excluding hydrogens is 695 g/mol. The zero-order chi connectivity index (χ0) is 37.0. The number of nitrogens with zero attached hydrogens (tertiary/aromatic N) is 1. The van der Waals surface area contributed by atoms with Gasteiger partial charge in [-0.2, -0.15) is 0 Å². The molecule has 2 heteroatoms. The Morgan fingerprint density at radius 2 is 0.857 bits per heavy atom. The van der Waals surface area contributed by atoms with Crippen LogP contribution in [-0.2, 0) is 0 Å². The van der Waals surface area contributed by atoms with Crippen molar-refractivity contribution in [2.45, 2.75) is 0 Å². The number of anilines is 3. The maximum Gasteiger partial charge on any atom is 0.0540 e. The number of hydrogen-bond donors (Lipinski definition) is 0. The normalized spacial score (nSPS) is 11.6. The van der Waals surface area contributed by atoms with Crippen molar-refractivity contribution in [2.75, 3.05) is 4.90 Å². The molecule has 1 aromatic heterocycles. The monoisotopic (exact) mass is 729 g/mol. The lowest BCUT2D eigenvalue weighted by molar-refractivity contribution is 1.28. The quantitative estimate of drug-likeness (QED) is 0.154. The highest BCUT2D eigenvalue weighted by Crippen LogP contribution is 2.44. The zero-order valence-corrected chi connectivity index (χ0v) is 31.4. The molecule has 0 radical (unpaired) electrons. The van der Waals surface area contributed by atoms with Crippen LogP contribution in [-0.4, -0.2) is 0 Å². The summed E-state index contributed by atoms with van der Waals surface area (Å²) in [5.74, 6) is 0. The molecule has 56 heavy (non-hydrogen) atoms. The smallest absolute Gasteiger partial charge is 0.0540 e. The molecule has 0 atom stereocenters. The molecule has 11 rings (SSSR count). The Kier molecular flexibility index (Phi) is 7.75. The van der Waals surface area contributed by atoms with Crippen molar-refractivity contribution in [3.63, 3.8) is 0 Å². The highest BCUT2D eigenvalue weighted by Gasteiger charge is 2.19. The highest BCUT2D eigenvalue weighted by atomic mass is 32.1. The van der Waals surface area contributed by atoms with Crippen LogP contribution in [0.3, 0.4) is 0 Å². The molecule has 0 saturated heterocycles. The summed E-state index contributed by atoms with van der Waals surface area (Å²) in [6.07, 6.45) is 0. The third kappa shape index (κ3) is 5.54. The van der Waals surface area contributed by atoms with Gasteiger partial charge in [0.2, 0.25) is 0 Å². The van der Waals surface area contributed by atoms with Crippen LogP contribution < -0.4 is 4.90 Å². The van der Waals surface area contributed by atoms with Crippen molar-refractivity contribution in [3.05, 3.63) is 212 Å². The number of fused-ring (bicyclic) bond motifs is 7. The van der Waals surface area contributed by atoms with Gasteiger partial charge < -0.3 is 4.90 Å². The van der Waals surface area contributed by atoms with Crippen molar-refractivity contribution >= 4 is 80.9 Å². The van der Waals surface area contributed by atoms with Gasteiger partial charge in [0.1, 0.15) is 0 Å². The van der Waals surface area contributed by atoms with Gasteiger partial charge in [-0.15, -0.1) is 11.3 Å². The van der Waals surface area contributed by atoms with E-state index in [2.05, 4.69) is 217 Å². The third-order valence-corrected chi connectivity index (χ3v) is 12.4. The topological polar surface area (TPSA) is 3.24 Å². The van der Waals surface area contributed by atoms with E-state index in [0.29, 0.717) is 0 Å². The van der Waals surface area contributed by atoms with Gasteiger partial charge in [0.15, 0.2) is 0 Å². The predicted molar refractivity (Wildman–Crippen MR) is 243 cm³/mol. The van der Waals surface area contributed by atoms with E-state index in [0.717, 1.165) is 17.1 Å². The largest absolute Gasteiger partial charge is 0.310 e. The number of para-hydroxylation sites is 1. The molecule has 10 aromatic carbocycles. The van der Waals surface area contributed by atoms with Gasteiger partial charge in [-0.05, 0) is 121 Å².